The third-order valence-electron chi connectivity index (χ3n) is 3.84. The van der Waals surface area contributed by atoms with Crippen LogP contribution in [-0.4, -0.2) is 37.1 Å². The number of hydrogen-bond acceptors (Lipinski definition) is 2. The highest BCUT2D eigenvalue weighted by Gasteiger charge is 2.31. The van der Waals surface area contributed by atoms with Crippen LogP contribution in [0.1, 0.15) is 12.8 Å². The lowest BCUT2D eigenvalue weighted by Crippen LogP contribution is -2.50. The van der Waals surface area contributed by atoms with Crippen molar-refractivity contribution in [1.29, 1.82) is 0 Å². The molecule has 92 valence electrons. The molecule has 0 amide bonds. The monoisotopic (exact) mass is 254 g/mol. The van der Waals surface area contributed by atoms with E-state index in [2.05, 4.69) is 9.80 Å². The second-order valence-corrected chi connectivity index (χ2v) is 5.31. The number of anilines is 1. The van der Waals surface area contributed by atoms with Gasteiger partial charge >= 0.3 is 0 Å². The molecule has 1 aromatic carbocycles. The molecule has 2 aliphatic rings. The molecule has 17 heavy (non-hydrogen) atoms. The average molecular weight is 255 g/mol. The van der Waals surface area contributed by atoms with E-state index < -0.39 is 0 Å². The summed E-state index contributed by atoms with van der Waals surface area (Å²) in [5.74, 6) is -0.166. The van der Waals surface area contributed by atoms with Crippen LogP contribution in [0.15, 0.2) is 18.2 Å². The standard InChI is InChI=1S/C13H16ClFN2/c14-10-3-4-12(15)13(8-10)17-7-6-16-5-1-2-11(16)9-17/h3-4,8,11H,1-2,5-7,9H2. The van der Waals surface area contributed by atoms with Crippen molar-refractivity contribution in [1.82, 2.24) is 4.90 Å². The van der Waals surface area contributed by atoms with Gasteiger partial charge in [-0.15, -0.1) is 0 Å². The van der Waals surface area contributed by atoms with Crippen LogP contribution in [0.25, 0.3) is 0 Å². The van der Waals surface area contributed by atoms with Gasteiger partial charge in [-0.05, 0) is 37.6 Å². The average Bonchev–Trinajstić information content (AvgIpc) is 2.79. The SMILES string of the molecule is Fc1ccc(Cl)cc1N1CCN2CCCC2C1. The molecule has 0 saturated carbocycles. The van der Waals surface area contributed by atoms with Gasteiger partial charge in [0, 0.05) is 30.7 Å². The van der Waals surface area contributed by atoms with Gasteiger partial charge in [0.15, 0.2) is 0 Å². The second-order valence-electron chi connectivity index (χ2n) is 4.87. The van der Waals surface area contributed by atoms with Gasteiger partial charge in [0.2, 0.25) is 0 Å². The van der Waals surface area contributed by atoms with E-state index in [4.69, 9.17) is 11.6 Å². The number of hydrogen-bond donors (Lipinski definition) is 0. The largest absolute Gasteiger partial charge is 0.366 e. The Balaban J connectivity index is 1.82. The summed E-state index contributed by atoms with van der Waals surface area (Å²) in [5.41, 5.74) is 0.657. The number of piperazine rings is 1. The molecular weight excluding hydrogens is 239 g/mol. The van der Waals surface area contributed by atoms with E-state index in [1.807, 2.05) is 0 Å². The molecule has 0 radical (unpaired) electrons. The Kier molecular flexibility index (Phi) is 2.97. The minimum atomic E-state index is -0.166. The molecule has 0 N–H and O–H groups in total. The van der Waals surface area contributed by atoms with Gasteiger partial charge in [0.25, 0.3) is 0 Å². The summed E-state index contributed by atoms with van der Waals surface area (Å²) < 4.78 is 13.8. The molecule has 2 nitrogen and oxygen atoms in total. The predicted molar refractivity (Wildman–Crippen MR) is 68.2 cm³/mol. The van der Waals surface area contributed by atoms with Crippen molar-refractivity contribution in [3.8, 4) is 0 Å². The van der Waals surface area contributed by atoms with Crippen molar-refractivity contribution in [3.63, 3.8) is 0 Å². The summed E-state index contributed by atoms with van der Waals surface area (Å²) in [6, 6.07) is 5.40. The summed E-state index contributed by atoms with van der Waals surface area (Å²) in [4.78, 5) is 4.65. The number of fused-ring (bicyclic) bond motifs is 1. The quantitative estimate of drug-likeness (QED) is 0.760. The number of rotatable bonds is 1. The highest BCUT2D eigenvalue weighted by Crippen LogP contribution is 2.28. The lowest BCUT2D eigenvalue weighted by molar-refractivity contribution is 0.230. The van der Waals surface area contributed by atoms with E-state index in [-0.39, 0.29) is 5.82 Å². The van der Waals surface area contributed by atoms with Crippen molar-refractivity contribution in [3.05, 3.63) is 29.0 Å². The fourth-order valence-electron chi connectivity index (χ4n) is 2.94. The molecule has 2 heterocycles. The maximum Gasteiger partial charge on any atom is 0.146 e. The van der Waals surface area contributed by atoms with Crippen molar-refractivity contribution in [2.75, 3.05) is 31.1 Å². The van der Waals surface area contributed by atoms with Crippen LogP contribution in [0.3, 0.4) is 0 Å². The van der Waals surface area contributed by atoms with E-state index in [0.29, 0.717) is 16.8 Å². The van der Waals surface area contributed by atoms with E-state index >= 15 is 0 Å². The van der Waals surface area contributed by atoms with E-state index in [0.717, 1.165) is 19.6 Å². The van der Waals surface area contributed by atoms with Crippen molar-refractivity contribution < 1.29 is 4.39 Å². The van der Waals surface area contributed by atoms with Crippen molar-refractivity contribution in [2.24, 2.45) is 0 Å². The summed E-state index contributed by atoms with van der Waals surface area (Å²) in [7, 11) is 0. The highest BCUT2D eigenvalue weighted by atomic mass is 35.5. The number of halogens is 2. The Labute approximate surface area is 106 Å². The molecule has 0 aromatic heterocycles. The first-order valence-corrected chi connectivity index (χ1v) is 6.56. The Morgan fingerprint density at radius 2 is 2.12 bits per heavy atom. The fraction of sp³-hybridized carbons (Fsp3) is 0.538. The van der Waals surface area contributed by atoms with Gasteiger partial charge in [0.05, 0.1) is 5.69 Å². The molecule has 0 bridgehead atoms. The summed E-state index contributed by atoms with van der Waals surface area (Å²) >= 11 is 5.94. The van der Waals surface area contributed by atoms with E-state index in [9.17, 15) is 4.39 Å². The van der Waals surface area contributed by atoms with Gasteiger partial charge in [0.1, 0.15) is 5.82 Å². The van der Waals surface area contributed by atoms with Crippen LogP contribution in [-0.2, 0) is 0 Å². The predicted octanol–water partition coefficient (Wildman–Crippen LogP) is 2.76. The minimum Gasteiger partial charge on any atom is -0.366 e. The molecule has 1 unspecified atom stereocenters. The highest BCUT2D eigenvalue weighted by molar-refractivity contribution is 6.30. The first-order chi connectivity index (χ1) is 8.24. The minimum absolute atomic E-state index is 0.166. The lowest BCUT2D eigenvalue weighted by atomic mass is 10.1. The Morgan fingerprint density at radius 3 is 3.00 bits per heavy atom. The molecule has 0 aliphatic carbocycles. The van der Waals surface area contributed by atoms with Gasteiger partial charge in [-0.25, -0.2) is 4.39 Å². The first kappa shape index (κ1) is 11.3. The molecule has 2 aliphatic heterocycles. The number of benzene rings is 1. The molecule has 4 heteroatoms. The molecule has 2 saturated heterocycles. The van der Waals surface area contributed by atoms with E-state index in [1.165, 1.54) is 25.5 Å². The maximum absolute atomic E-state index is 13.8. The van der Waals surface area contributed by atoms with Crippen LogP contribution in [0.2, 0.25) is 5.02 Å². The zero-order valence-electron chi connectivity index (χ0n) is 9.70. The lowest BCUT2D eigenvalue weighted by Gasteiger charge is -2.38. The Hall–Kier alpha value is -0.800. The zero-order chi connectivity index (χ0) is 11.8. The zero-order valence-corrected chi connectivity index (χ0v) is 10.5. The molecule has 2 fully saturated rings. The van der Waals surface area contributed by atoms with Crippen LogP contribution in [0.4, 0.5) is 10.1 Å². The third-order valence-corrected chi connectivity index (χ3v) is 4.07. The molecule has 0 spiro atoms. The number of nitrogens with zero attached hydrogens (tertiary/aromatic N) is 2. The van der Waals surface area contributed by atoms with Gasteiger partial charge in [-0.3, -0.25) is 4.90 Å². The smallest absolute Gasteiger partial charge is 0.146 e. The topological polar surface area (TPSA) is 6.48 Å². The summed E-state index contributed by atoms with van der Waals surface area (Å²) in [6.07, 6.45) is 2.51. The van der Waals surface area contributed by atoms with Gasteiger partial charge in [-0.1, -0.05) is 11.6 Å². The normalized spacial score (nSPS) is 25.1. The summed E-state index contributed by atoms with van der Waals surface area (Å²) in [6.45, 7) is 4.07. The van der Waals surface area contributed by atoms with E-state index in [1.54, 1.807) is 12.1 Å². The van der Waals surface area contributed by atoms with Crippen LogP contribution < -0.4 is 4.90 Å². The Morgan fingerprint density at radius 1 is 1.24 bits per heavy atom. The van der Waals surface area contributed by atoms with Gasteiger partial charge in [-0.2, -0.15) is 0 Å². The molecule has 1 atom stereocenters. The first-order valence-electron chi connectivity index (χ1n) is 6.18. The third kappa shape index (κ3) is 2.14. The maximum atomic E-state index is 13.8. The fourth-order valence-corrected chi connectivity index (χ4v) is 3.10. The second kappa shape index (κ2) is 4.46. The van der Waals surface area contributed by atoms with Gasteiger partial charge < -0.3 is 4.90 Å². The van der Waals surface area contributed by atoms with Crippen molar-refractivity contribution in [2.45, 2.75) is 18.9 Å². The summed E-state index contributed by atoms with van der Waals surface area (Å²) in [5, 5.41) is 0.607. The van der Waals surface area contributed by atoms with Crippen LogP contribution >= 0.6 is 11.6 Å². The van der Waals surface area contributed by atoms with Crippen molar-refractivity contribution >= 4 is 17.3 Å². The molecule has 1 aromatic rings. The molecule has 3 rings (SSSR count). The van der Waals surface area contributed by atoms with Crippen LogP contribution in [0.5, 0.6) is 0 Å². The Bertz CT molecular complexity index is 424. The molecular formula is C13H16ClFN2. The van der Waals surface area contributed by atoms with Crippen LogP contribution in [0, 0.1) is 5.82 Å².